The first-order valence-electron chi connectivity index (χ1n) is 6.72. The van der Waals surface area contributed by atoms with Gasteiger partial charge in [-0.1, -0.05) is 13.8 Å². The van der Waals surface area contributed by atoms with Crippen LogP contribution in [0.5, 0.6) is 0 Å². The van der Waals surface area contributed by atoms with Gasteiger partial charge in [0, 0.05) is 37.2 Å². The summed E-state index contributed by atoms with van der Waals surface area (Å²) in [6.45, 7) is 8.55. The van der Waals surface area contributed by atoms with Crippen LogP contribution in [0.3, 0.4) is 0 Å². The van der Waals surface area contributed by atoms with Crippen LogP contribution in [0, 0.1) is 17.8 Å². The van der Waals surface area contributed by atoms with E-state index in [2.05, 4.69) is 30.5 Å². The molecule has 1 saturated heterocycles. The molecule has 0 aromatic heterocycles. The molecule has 4 unspecified atom stereocenters. The third-order valence-electron chi connectivity index (χ3n) is 4.30. The zero-order valence-electron chi connectivity index (χ0n) is 10.7. The van der Waals surface area contributed by atoms with E-state index in [4.69, 9.17) is 5.73 Å². The van der Waals surface area contributed by atoms with Gasteiger partial charge in [0.25, 0.3) is 0 Å². The molecule has 1 aliphatic heterocycles. The van der Waals surface area contributed by atoms with Gasteiger partial charge in [0.1, 0.15) is 0 Å². The fraction of sp³-hybridized carbons (Fsp3) is 1.00. The number of thioether (sulfide) groups is 1. The number of hydrogen-bond acceptors (Lipinski definition) is 3. The normalized spacial score (nSPS) is 42.2. The summed E-state index contributed by atoms with van der Waals surface area (Å²) in [6, 6.07) is 0.438. The number of hydrogen-bond donors (Lipinski definition) is 1. The predicted octanol–water partition coefficient (Wildman–Crippen LogP) is 2.04. The minimum absolute atomic E-state index is 0.438. The Morgan fingerprint density at radius 3 is 2.50 bits per heavy atom. The number of rotatable bonds is 2. The summed E-state index contributed by atoms with van der Waals surface area (Å²) in [5, 5.41) is 0. The molecule has 94 valence electrons. The quantitative estimate of drug-likeness (QED) is 0.803. The Hall–Kier alpha value is 0.270. The molecule has 16 heavy (non-hydrogen) atoms. The molecule has 0 aromatic rings. The van der Waals surface area contributed by atoms with Crippen molar-refractivity contribution in [3.63, 3.8) is 0 Å². The van der Waals surface area contributed by atoms with Crippen molar-refractivity contribution in [2.24, 2.45) is 23.5 Å². The Balaban J connectivity index is 1.86. The van der Waals surface area contributed by atoms with Crippen LogP contribution < -0.4 is 5.73 Å². The van der Waals surface area contributed by atoms with E-state index in [1.165, 1.54) is 44.0 Å². The summed E-state index contributed by atoms with van der Waals surface area (Å²) in [5.41, 5.74) is 6.35. The van der Waals surface area contributed by atoms with Crippen molar-refractivity contribution in [2.75, 3.05) is 31.1 Å². The minimum Gasteiger partial charge on any atom is -0.327 e. The van der Waals surface area contributed by atoms with Gasteiger partial charge in [-0.3, -0.25) is 0 Å². The fourth-order valence-electron chi connectivity index (χ4n) is 3.36. The van der Waals surface area contributed by atoms with E-state index in [0.29, 0.717) is 6.04 Å². The predicted molar refractivity (Wildman–Crippen MR) is 72.8 cm³/mol. The molecule has 1 saturated carbocycles. The molecule has 2 fully saturated rings. The second kappa shape index (κ2) is 5.74. The van der Waals surface area contributed by atoms with E-state index < -0.39 is 0 Å². The van der Waals surface area contributed by atoms with Crippen LogP contribution in [0.4, 0.5) is 0 Å². The Morgan fingerprint density at radius 2 is 1.88 bits per heavy atom. The van der Waals surface area contributed by atoms with Crippen molar-refractivity contribution in [1.82, 2.24) is 4.90 Å². The van der Waals surface area contributed by atoms with Crippen molar-refractivity contribution >= 4 is 11.8 Å². The maximum Gasteiger partial charge on any atom is 0.00844 e. The molecule has 3 heteroatoms. The lowest BCUT2D eigenvalue weighted by Crippen LogP contribution is -2.48. The summed E-state index contributed by atoms with van der Waals surface area (Å²) in [5.74, 6) is 5.00. The van der Waals surface area contributed by atoms with Gasteiger partial charge in [-0.15, -0.1) is 0 Å². The van der Waals surface area contributed by atoms with Crippen molar-refractivity contribution in [1.29, 1.82) is 0 Å². The Bertz CT molecular complexity index is 204. The summed E-state index contributed by atoms with van der Waals surface area (Å²) < 4.78 is 0. The lowest BCUT2D eigenvalue weighted by Gasteiger charge is -2.41. The molecule has 2 rings (SSSR count). The standard InChI is InChI=1S/C13H26N2S/c1-10-7-11(2)12(13(14)8-10)9-15-3-5-16-6-4-15/h10-13H,3-9,14H2,1-2H3. The zero-order chi connectivity index (χ0) is 11.5. The maximum atomic E-state index is 6.35. The van der Waals surface area contributed by atoms with Gasteiger partial charge in [0.05, 0.1) is 0 Å². The average molecular weight is 242 g/mol. The van der Waals surface area contributed by atoms with Crippen LogP contribution in [-0.2, 0) is 0 Å². The third-order valence-corrected chi connectivity index (χ3v) is 5.24. The minimum atomic E-state index is 0.438. The highest BCUT2D eigenvalue weighted by molar-refractivity contribution is 7.99. The summed E-state index contributed by atoms with van der Waals surface area (Å²) in [6.07, 6.45) is 2.61. The van der Waals surface area contributed by atoms with E-state index in [1.54, 1.807) is 0 Å². The second-order valence-electron chi connectivity index (χ2n) is 5.79. The fourth-order valence-corrected chi connectivity index (χ4v) is 4.34. The van der Waals surface area contributed by atoms with E-state index in [-0.39, 0.29) is 0 Å². The van der Waals surface area contributed by atoms with Crippen molar-refractivity contribution in [2.45, 2.75) is 32.7 Å². The highest BCUT2D eigenvalue weighted by Crippen LogP contribution is 2.33. The number of nitrogens with two attached hydrogens (primary N) is 1. The molecule has 2 nitrogen and oxygen atoms in total. The van der Waals surface area contributed by atoms with Crippen molar-refractivity contribution in [3.8, 4) is 0 Å². The summed E-state index contributed by atoms with van der Waals surface area (Å²) >= 11 is 2.09. The van der Waals surface area contributed by atoms with Crippen LogP contribution in [-0.4, -0.2) is 42.1 Å². The summed E-state index contributed by atoms with van der Waals surface area (Å²) in [4.78, 5) is 2.63. The molecular weight excluding hydrogens is 216 g/mol. The van der Waals surface area contributed by atoms with Gasteiger partial charge in [0.15, 0.2) is 0 Å². The molecule has 0 bridgehead atoms. The average Bonchev–Trinajstić information content (AvgIpc) is 2.25. The molecule has 0 amide bonds. The van der Waals surface area contributed by atoms with Crippen LogP contribution in [0.15, 0.2) is 0 Å². The van der Waals surface area contributed by atoms with Gasteiger partial charge in [-0.05, 0) is 30.6 Å². The first-order valence-corrected chi connectivity index (χ1v) is 7.88. The molecule has 2 N–H and O–H groups in total. The van der Waals surface area contributed by atoms with Crippen molar-refractivity contribution in [3.05, 3.63) is 0 Å². The van der Waals surface area contributed by atoms with Crippen LogP contribution in [0.2, 0.25) is 0 Å². The molecule has 1 heterocycles. The van der Waals surface area contributed by atoms with Gasteiger partial charge in [-0.25, -0.2) is 0 Å². The van der Waals surface area contributed by atoms with Gasteiger partial charge in [-0.2, -0.15) is 11.8 Å². The Morgan fingerprint density at radius 1 is 1.19 bits per heavy atom. The molecular formula is C13H26N2S. The van der Waals surface area contributed by atoms with E-state index in [9.17, 15) is 0 Å². The number of nitrogens with zero attached hydrogens (tertiary/aromatic N) is 1. The SMILES string of the molecule is CC1CC(C)C(CN2CCSCC2)C(N)C1. The largest absolute Gasteiger partial charge is 0.327 e. The van der Waals surface area contributed by atoms with Crippen LogP contribution >= 0.6 is 11.8 Å². The smallest absolute Gasteiger partial charge is 0.00844 e. The topological polar surface area (TPSA) is 29.3 Å². The third kappa shape index (κ3) is 3.14. The van der Waals surface area contributed by atoms with Gasteiger partial charge in [0.2, 0.25) is 0 Å². The molecule has 0 radical (unpaired) electrons. The van der Waals surface area contributed by atoms with Crippen LogP contribution in [0.1, 0.15) is 26.7 Å². The molecule has 0 spiro atoms. The van der Waals surface area contributed by atoms with E-state index in [0.717, 1.165) is 17.8 Å². The molecule has 0 aromatic carbocycles. The maximum absolute atomic E-state index is 6.35. The first kappa shape index (κ1) is 12.7. The highest BCUT2D eigenvalue weighted by Gasteiger charge is 2.32. The second-order valence-corrected chi connectivity index (χ2v) is 7.02. The Kier molecular flexibility index (Phi) is 4.57. The van der Waals surface area contributed by atoms with Gasteiger partial charge >= 0.3 is 0 Å². The lowest BCUT2D eigenvalue weighted by atomic mass is 9.72. The first-order chi connectivity index (χ1) is 7.66. The van der Waals surface area contributed by atoms with E-state index >= 15 is 0 Å². The molecule has 1 aliphatic carbocycles. The summed E-state index contributed by atoms with van der Waals surface area (Å²) in [7, 11) is 0. The van der Waals surface area contributed by atoms with E-state index in [1.807, 2.05) is 0 Å². The zero-order valence-corrected chi connectivity index (χ0v) is 11.5. The molecule has 4 atom stereocenters. The highest BCUT2D eigenvalue weighted by atomic mass is 32.2. The lowest BCUT2D eigenvalue weighted by molar-refractivity contribution is 0.123. The van der Waals surface area contributed by atoms with Gasteiger partial charge < -0.3 is 10.6 Å². The molecule has 2 aliphatic rings. The monoisotopic (exact) mass is 242 g/mol. The van der Waals surface area contributed by atoms with Crippen molar-refractivity contribution < 1.29 is 0 Å². The Labute approximate surface area is 104 Å². The van der Waals surface area contributed by atoms with Crippen LogP contribution in [0.25, 0.3) is 0 Å².